The summed E-state index contributed by atoms with van der Waals surface area (Å²) in [7, 11) is 0. The quantitative estimate of drug-likeness (QED) is 0.326. The van der Waals surface area contributed by atoms with Gasteiger partial charge in [-0.1, -0.05) is 23.8 Å². The molecule has 2 aromatic carbocycles. The third-order valence-corrected chi connectivity index (χ3v) is 4.02. The van der Waals surface area contributed by atoms with Gasteiger partial charge in [-0.05, 0) is 54.5 Å². The Morgan fingerprint density at radius 3 is 2.41 bits per heavy atom. The highest BCUT2D eigenvalue weighted by Gasteiger charge is 2.05. The van der Waals surface area contributed by atoms with Crippen LogP contribution in [0.4, 0.5) is 5.69 Å². The topological polar surface area (TPSA) is 63.5 Å². The Bertz CT molecular complexity index is 967. The van der Waals surface area contributed by atoms with Crippen LogP contribution in [0.1, 0.15) is 21.5 Å². The third kappa shape index (κ3) is 4.89. The minimum atomic E-state index is -0.417. The normalized spacial score (nSPS) is 13.2. The Morgan fingerprint density at radius 1 is 1.07 bits per heavy atom. The molecule has 0 saturated heterocycles. The molecule has 0 saturated carbocycles. The summed E-state index contributed by atoms with van der Waals surface area (Å²) in [4.78, 5) is 24.3. The van der Waals surface area contributed by atoms with Crippen molar-refractivity contribution in [3.63, 3.8) is 0 Å². The third-order valence-electron chi connectivity index (χ3n) is 4.02. The van der Waals surface area contributed by atoms with E-state index in [2.05, 4.69) is 0 Å². The van der Waals surface area contributed by atoms with Crippen LogP contribution >= 0.6 is 0 Å². The van der Waals surface area contributed by atoms with Crippen molar-refractivity contribution in [1.82, 2.24) is 4.90 Å². The Kier molecular flexibility index (Phi) is 5.42. The summed E-state index contributed by atoms with van der Waals surface area (Å²) < 4.78 is 0. The Morgan fingerprint density at radius 2 is 1.78 bits per heavy atom. The molecule has 1 heterocycles. The van der Waals surface area contributed by atoms with E-state index in [0.29, 0.717) is 5.56 Å². The second-order valence-electron chi connectivity index (χ2n) is 6.12. The minimum absolute atomic E-state index is 0.0484. The Hall–Kier alpha value is -3.73. The van der Waals surface area contributed by atoms with Gasteiger partial charge in [0.1, 0.15) is 0 Å². The summed E-state index contributed by atoms with van der Waals surface area (Å²) in [6.07, 6.45) is 12.7. The van der Waals surface area contributed by atoms with Gasteiger partial charge < -0.3 is 4.90 Å². The second kappa shape index (κ2) is 8.10. The molecule has 0 radical (unpaired) electrons. The van der Waals surface area contributed by atoms with Crippen LogP contribution in [0.5, 0.6) is 0 Å². The summed E-state index contributed by atoms with van der Waals surface area (Å²) in [6.45, 7) is 1.95. The smallest absolute Gasteiger partial charge is 0.269 e. The number of aryl methyl sites for hydroxylation is 1. The molecule has 27 heavy (non-hydrogen) atoms. The molecule has 0 bridgehead atoms. The Labute approximate surface area is 157 Å². The molecule has 0 aliphatic carbocycles. The molecule has 1 aliphatic heterocycles. The zero-order chi connectivity index (χ0) is 19.2. The van der Waals surface area contributed by atoms with Crippen molar-refractivity contribution < 1.29 is 9.72 Å². The maximum Gasteiger partial charge on any atom is 0.269 e. The molecule has 0 atom stereocenters. The van der Waals surface area contributed by atoms with E-state index in [9.17, 15) is 14.9 Å². The number of hydrogen-bond acceptors (Lipinski definition) is 4. The molecule has 2 aromatic rings. The van der Waals surface area contributed by atoms with Crippen molar-refractivity contribution in [1.29, 1.82) is 0 Å². The molecule has 1 aliphatic rings. The van der Waals surface area contributed by atoms with Crippen molar-refractivity contribution in [3.8, 4) is 0 Å². The fourth-order valence-corrected chi connectivity index (χ4v) is 2.58. The second-order valence-corrected chi connectivity index (χ2v) is 6.12. The molecule has 0 aromatic heterocycles. The molecule has 5 nitrogen and oxygen atoms in total. The number of carbonyl (C=O) groups is 1. The van der Waals surface area contributed by atoms with Crippen molar-refractivity contribution in [2.24, 2.45) is 0 Å². The molecule has 5 heteroatoms. The largest absolute Gasteiger partial charge is 0.330 e. The number of non-ortho nitro benzene ring substituents is 1. The molecule has 0 spiro atoms. The first-order valence-corrected chi connectivity index (χ1v) is 8.40. The minimum Gasteiger partial charge on any atom is -0.330 e. The van der Waals surface area contributed by atoms with Crippen LogP contribution in [-0.2, 0) is 0 Å². The predicted molar refractivity (Wildman–Crippen MR) is 106 cm³/mol. The zero-order valence-electron chi connectivity index (χ0n) is 14.8. The highest BCUT2D eigenvalue weighted by atomic mass is 16.6. The summed E-state index contributed by atoms with van der Waals surface area (Å²) in [6, 6.07) is 13.9. The molecule has 3 rings (SSSR count). The first kappa shape index (κ1) is 18.1. The van der Waals surface area contributed by atoms with Gasteiger partial charge in [-0.25, -0.2) is 0 Å². The SMILES string of the molecule is Cc1cccc(C(=O)C=CN2C=CC(=Cc3ccc([N+](=O)[O-])cc3)C=C2)c1. The first-order chi connectivity index (χ1) is 13.0. The van der Waals surface area contributed by atoms with Gasteiger partial charge >= 0.3 is 0 Å². The first-order valence-electron chi connectivity index (χ1n) is 8.40. The van der Waals surface area contributed by atoms with Gasteiger partial charge in [0.2, 0.25) is 0 Å². The number of nitro benzene ring substituents is 1. The number of rotatable bonds is 5. The van der Waals surface area contributed by atoms with E-state index < -0.39 is 4.92 Å². The lowest BCUT2D eigenvalue weighted by Gasteiger charge is -2.13. The zero-order valence-corrected chi connectivity index (χ0v) is 14.8. The van der Waals surface area contributed by atoms with Gasteiger partial charge in [0.05, 0.1) is 4.92 Å². The van der Waals surface area contributed by atoms with Crippen molar-refractivity contribution in [3.05, 3.63) is 118 Å². The van der Waals surface area contributed by atoms with Gasteiger partial charge in [-0.2, -0.15) is 0 Å². The van der Waals surface area contributed by atoms with Crippen molar-refractivity contribution in [2.75, 3.05) is 0 Å². The number of ketones is 1. The molecule has 0 N–H and O–H groups in total. The predicted octanol–water partition coefficient (Wildman–Crippen LogP) is 5.03. The lowest BCUT2D eigenvalue weighted by atomic mass is 10.1. The highest BCUT2D eigenvalue weighted by molar-refractivity contribution is 6.04. The maximum absolute atomic E-state index is 12.2. The average molecular weight is 358 g/mol. The number of carbonyl (C=O) groups excluding carboxylic acids is 1. The van der Waals surface area contributed by atoms with Crippen LogP contribution in [0.3, 0.4) is 0 Å². The van der Waals surface area contributed by atoms with Crippen LogP contribution in [-0.4, -0.2) is 15.6 Å². The standard InChI is InChI=1S/C22H18N2O3/c1-17-3-2-4-20(15-17)22(25)11-14-23-12-9-19(10-13-23)16-18-5-7-21(8-6-18)24(26)27/h2-16H,1H3. The summed E-state index contributed by atoms with van der Waals surface area (Å²) in [5.74, 6) is -0.0484. The number of allylic oxidation sites excluding steroid dienone is 4. The van der Waals surface area contributed by atoms with E-state index in [1.807, 2.05) is 55.8 Å². The summed E-state index contributed by atoms with van der Waals surface area (Å²) in [5.41, 5.74) is 3.62. The lowest BCUT2D eigenvalue weighted by molar-refractivity contribution is -0.384. The van der Waals surface area contributed by atoms with Crippen molar-refractivity contribution >= 4 is 17.5 Å². The van der Waals surface area contributed by atoms with E-state index in [1.165, 1.54) is 18.2 Å². The van der Waals surface area contributed by atoms with Gasteiger partial charge in [0.25, 0.3) is 5.69 Å². The molecule has 134 valence electrons. The van der Waals surface area contributed by atoms with Crippen LogP contribution in [0.15, 0.2) is 90.9 Å². The van der Waals surface area contributed by atoms with Crippen LogP contribution in [0.2, 0.25) is 0 Å². The summed E-state index contributed by atoms with van der Waals surface area (Å²) in [5, 5.41) is 10.7. The van der Waals surface area contributed by atoms with Crippen LogP contribution in [0.25, 0.3) is 6.08 Å². The summed E-state index contributed by atoms with van der Waals surface area (Å²) >= 11 is 0. The molecular weight excluding hydrogens is 340 g/mol. The Balaban J connectivity index is 1.63. The fraction of sp³-hybridized carbons (Fsp3) is 0.0455. The monoisotopic (exact) mass is 358 g/mol. The number of benzene rings is 2. The van der Waals surface area contributed by atoms with Gasteiger partial charge in [-0.15, -0.1) is 0 Å². The lowest BCUT2D eigenvalue weighted by Crippen LogP contribution is -2.04. The number of nitrogens with zero attached hydrogens (tertiary/aromatic N) is 2. The molecular formula is C22H18N2O3. The number of hydrogen-bond donors (Lipinski definition) is 0. The van der Waals surface area contributed by atoms with E-state index in [0.717, 1.165) is 16.7 Å². The maximum atomic E-state index is 12.2. The molecule has 0 unspecified atom stereocenters. The van der Waals surface area contributed by atoms with Crippen molar-refractivity contribution in [2.45, 2.75) is 6.92 Å². The van der Waals surface area contributed by atoms with Gasteiger partial charge in [0.15, 0.2) is 5.78 Å². The van der Waals surface area contributed by atoms with E-state index in [1.54, 1.807) is 29.3 Å². The highest BCUT2D eigenvalue weighted by Crippen LogP contribution is 2.17. The van der Waals surface area contributed by atoms with E-state index in [-0.39, 0.29) is 11.5 Å². The van der Waals surface area contributed by atoms with Gasteiger partial charge in [-0.3, -0.25) is 14.9 Å². The number of nitro groups is 1. The van der Waals surface area contributed by atoms with Crippen LogP contribution in [0, 0.1) is 17.0 Å². The average Bonchev–Trinajstić information content (AvgIpc) is 2.67. The van der Waals surface area contributed by atoms with Gasteiger partial charge in [0, 0.05) is 42.4 Å². The molecule has 0 amide bonds. The molecule has 0 fully saturated rings. The fourth-order valence-electron chi connectivity index (χ4n) is 2.58. The van der Waals surface area contributed by atoms with E-state index in [4.69, 9.17) is 0 Å². The van der Waals surface area contributed by atoms with Crippen LogP contribution < -0.4 is 0 Å². The van der Waals surface area contributed by atoms with E-state index >= 15 is 0 Å².